The summed E-state index contributed by atoms with van der Waals surface area (Å²) in [6, 6.07) is 12.5. The molecule has 0 bridgehead atoms. The van der Waals surface area contributed by atoms with Gasteiger partial charge in [0.1, 0.15) is 0 Å². The number of carbonyl (C=O) groups is 2. The minimum absolute atomic E-state index is 0.0519. The number of aryl methyl sites for hydroxylation is 1. The molecule has 2 aromatic carbocycles. The van der Waals surface area contributed by atoms with Gasteiger partial charge in [0.25, 0.3) is 11.6 Å². The van der Waals surface area contributed by atoms with Gasteiger partial charge in [-0.15, -0.1) is 16.8 Å². The molecule has 11 heteroatoms. The highest BCUT2D eigenvalue weighted by atomic mass is 32.2. The van der Waals surface area contributed by atoms with Crippen LogP contribution in [0, 0.1) is 17.0 Å². The van der Waals surface area contributed by atoms with Crippen molar-refractivity contribution in [2.75, 3.05) is 11.1 Å². The number of hydrogen-bond acceptors (Lipinski definition) is 7. The van der Waals surface area contributed by atoms with Crippen LogP contribution in [0.2, 0.25) is 0 Å². The fraction of sp³-hybridized carbons (Fsp3) is 0.217. The zero-order valence-corrected chi connectivity index (χ0v) is 19.5. The van der Waals surface area contributed by atoms with Gasteiger partial charge in [0.2, 0.25) is 5.91 Å². The first kappa shape index (κ1) is 24.6. The molecule has 3 rings (SSSR count). The molecular formula is C23H24N6O4S. The third kappa shape index (κ3) is 6.29. The van der Waals surface area contributed by atoms with Crippen molar-refractivity contribution in [2.45, 2.75) is 31.6 Å². The molecule has 0 aliphatic carbocycles. The Morgan fingerprint density at radius 2 is 1.97 bits per heavy atom. The first-order valence-corrected chi connectivity index (χ1v) is 11.4. The van der Waals surface area contributed by atoms with E-state index >= 15 is 0 Å². The summed E-state index contributed by atoms with van der Waals surface area (Å²) >= 11 is 1.19. The predicted molar refractivity (Wildman–Crippen MR) is 130 cm³/mol. The summed E-state index contributed by atoms with van der Waals surface area (Å²) in [6.45, 7) is 7.90. The summed E-state index contributed by atoms with van der Waals surface area (Å²) in [6.07, 6.45) is 1.68. The zero-order valence-electron chi connectivity index (χ0n) is 18.7. The summed E-state index contributed by atoms with van der Waals surface area (Å²) in [4.78, 5) is 35.2. The third-order valence-corrected chi connectivity index (χ3v) is 5.73. The molecule has 0 radical (unpaired) electrons. The lowest BCUT2D eigenvalue weighted by atomic mass is 10.1. The molecule has 0 aliphatic heterocycles. The number of thioether (sulfide) groups is 1. The van der Waals surface area contributed by atoms with Gasteiger partial charge in [-0.2, -0.15) is 0 Å². The minimum atomic E-state index is -0.504. The number of benzene rings is 2. The summed E-state index contributed by atoms with van der Waals surface area (Å²) in [7, 11) is 0. The Kier molecular flexibility index (Phi) is 8.14. The number of anilines is 1. The van der Waals surface area contributed by atoms with E-state index in [0.717, 1.165) is 5.56 Å². The van der Waals surface area contributed by atoms with Crippen LogP contribution < -0.4 is 10.6 Å². The normalized spacial score (nSPS) is 11.5. The van der Waals surface area contributed by atoms with Crippen molar-refractivity contribution in [1.29, 1.82) is 0 Å². The van der Waals surface area contributed by atoms with Crippen molar-refractivity contribution < 1.29 is 14.5 Å². The standard InChI is InChI=1S/C23H24N6O4S/c1-4-12-28-21(16(3)24-22(31)17-7-5-6-15(2)13-17)26-27-23(28)34-14-20(30)25-18-8-10-19(11-9-18)29(32)33/h4-11,13,16H,1,12,14H2,2-3H3,(H,24,31)(H,25,30)/t16-/m1/s1. The second-order valence-corrected chi connectivity index (χ2v) is 8.39. The van der Waals surface area contributed by atoms with E-state index in [9.17, 15) is 19.7 Å². The van der Waals surface area contributed by atoms with E-state index in [1.807, 2.05) is 26.0 Å². The highest BCUT2D eigenvalue weighted by Crippen LogP contribution is 2.22. The van der Waals surface area contributed by atoms with E-state index in [4.69, 9.17) is 0 Å². The van der Waals surface area contributed by atoms with Crippen LogP contribution in [0.15, 0.2) is 66.3 Å². The van der Waals surface area contributed by atoms with Crippen molar-refractivity contribution in [3.8, 4) is 0 Å². The molecule has 0 aliphatic rings. The van der Waals surface area contributed by atoms with Crippen LogP contribution in [0.5, 0.6) is 0 Å². The number of hydrogen-bond donors (Lipinski definition) is 2. The minimum Gasteiger partial charge on any atom is -0.342 e. The molecule has 34 heavy (non-hydrogen) atoms. The molecule has 176 valence electrons. The van der Waals surface area contributed by atoms with Crippen molar-refractivity contribution in [3.63, 3.8) is 0 Å². The Morgan fingerprint density at radius 1 is 1.24 bits per heavy atom. The third-order valence-electron chi connectivity index (χ3n) is 4.77. The number of rotatable bonds is 10. The molecule has 0 fully saturated rings. The molecule has 3 aromatic rings. The quantitative estimate of drug-likeness (QED) is 0.195. The van der Waals surface area contributed by atoms with Crippen molar-refractivity contribution in [2.24, 2.45) is 0 Å². The molecule has 0 saturated carbocycles. The Bertz CT molecular complexity index is 1210. The maximum absolute atomic E-state index is 12.6. The average molecular weight is 481 g/mol. The van der Waals surface area contributed by atoms with Gasteiger partial charge in [0.15, 0.2) is 11.0 Å². The molecular weight excluding hydrogens is 456 g/mol. The Morgan fingerprint density at radius 3 is 2.62 bits per heavy atom. The molecule has 1 aromatic heterocycles. The molecule has 10 nitrogen and oxygen atoms in total. The summed E-state index contributed by atoms with van der Waals surface area (Å²) in [5, 5.41) is 25.3. The van der Waals surface area contributed by atoms with E-state index in [-0.39, 0.29) is 23.3 Å². The summed E-state index contributed by atoms with van der Waals surface area (Å²) in [5.41, 5.74) is 1.94. The Balaban J connectivity index is 1.64. The maximum atomic E-state index is 12.6. The summed E-state index contributed by atoms with van der Waals surface area (Å²) in [5.74, 6) is 0.0746. The molecule has 2 amide bonds. The molecule has 0 unspecified atom stereocenters. The number of non-ortho nitro benzene ring substituents is 1. The van der Waals surface area contributed by atoms with E-state index in [2.05, 4.69) is 27.4 Å². The van der Waals surface area contributed by atoms with Crippen molar-refractivity contribution >= 4 is 35.0 Å². The second-order valence-electron chi connectivity index (χ2n) is 7.45. The van der Waals surface area contributed by atoms with Gasteiger partial charge in [-0.1, -0.05) is 35.5 Å². The molecule has 2 N–H and O–H groups in total. The Hall–Kier alpha value is -3.99. The lowest BCUT2D eigenvalue weighted by Gasteiger charge is -2.15. The number of amides is 2. The van der Waals surface area contributed by atoms with Crippen LogP contribution in [-0.4, -0.2) is 37.3 Å². The molecule has 1 atom stereocenters. The molecule has 0 saturated heterocycles. The van der Waals surface area contributed by atoms with E-state index in [1.54, 1.807) is 22.8 Å². The van der Waals surface area contributed by atoms with Crippen LogP contribution in [0.25, 0.3) is 0 Å². The van der Waals surface area contributed by atoms with Crippen LogP contribution in [0.4, 0.5) is 11.4 Å². The largest absolute Gasteiger partial charge is 0.342 e. The number of nitro benzene ring substituents is 1. The van der Waals surface area contributed by atoms with Crippen molar-refractivity contribution in [3.05, 3.63) is 88.3 Å². The lowest BCUT2D eigenvalue weighted by Crippen LogP contribution is -2.28. The predicted octanol–water partition coefficient (Wildman–Crippen LogP) is 3.90. The number of allylic oxidation sites excluding steroid dienone is 1. The van der Waals surface area contributed by atoms with Crippen molar-refractivity contribution in [1.82, 2.24) is 20.1 Å². The highest BCUT2D eigenvalue weighted by molar-refractivity contribution is 7.99. The Labute approximate surface area is 200 Å². The van der Waals surface area contributed by atoms with Gasteiger partial charge in [-0.3, -0.25) is 19.7 Å². The van der Waals surface area contributed by atoms with E-state index in [0.29, 0.717) is 28.8 Å². The van der Waals surface area contributed by atoms with Gasteiger partial charge < -0.3 is 15.2 Å². The lowest BCUT2D eigenvalue weighted by molar-refractivity contribution is -0.384. The second kappa shape index (κ2) is 11.2. The number of nitrogens with zero attached hydrogens (tertiary/aromatic N) is 4. The van der Waals surface area contributed by atoms with Crippen LogP contribution in [0.3, 0.4) is 0 Å². The molecule has 1 heterocycles. The van der Waals surface area contributed by atoms with Gasteiger partial charge in [-0.25, -0.2) is 0 Å². The van der Waals surface area contributed by atoms with E-state index < -0.39 is 11.0 Å². The first-order valence-electron chi connectivity index (χ1n) is 10.4. The zero-order chi connectivity index (χ0) is 24.7. The SMILES string of the molecule is C=CCn1c(SCC(=O)Nc2ccc([N+](=O)[O-])cc2)nnc1[C@@H](C)NC(=O)c1cccc(C)c1. The maximum Gasteiger partial charge on any atom is 0.269 e. The van der Waals surface area contributed by atoms with Gasteiger partial charge in [0.05, 0.1) is 16.7 Å². The van der Waals surface area contributed by atoms with E-state index in [1.165, 1.54) is 36.0 Å². The topological polar surface area (TPSA) is 132 Å². The fourth-order valence-corrected chi connectivity index (χ4v) is 3.91. The van der Waals surface area contributed by atoms with Gasteiger partial charge >= 0.3 is 0 Å². The fourth-order valence-electron chi connectivity index (χ4n) is 3.15. The highest BCUT2D eigenvalue weighted by Gasteiger charge is 2.20. The van der Waals surface area contributed by atoms with Gasteiger partial charge in [0, 0.05) is 29.9 Å². The number of nitro groups is 1. The van der Waals surface area contributed by atoms with Crippen LogP contribution in [-0.2, 0) is 11.3 Å². The first-order chi connectivity index (χ1) is 16.3. The number of nitrogens with one attached hydrogen (secondary N) is 2. The smallest absolute Gasteiger partial charge is 0.269 e. The molecule has 0 spiro atoms. The van der Waals surface area contributed by atoms with Crippen LogP contribution in [0.1, 0.15) is 34.7 Å². The summed E-state index contributed by atoms with van der Waals surface area (Å²) < 4.78 is 1.79. The van der Waals surface area contributed by atoms with Gasteiger partial charge in [-0.05, 0) is 38.1 Å². The monoisotopic (exact) mass is 480 g/mol. The number of aromatic nitrogens is 3. The number of carbonyl (C=O) groups excluding carboxylic acids is 2. The average Bonchev–Trinajstić information content (AvgIpc) is 3.21. The van der Waals surface area contributed by atoms with Crippen LogP contribution >= 0.6 is 11.8 Å².